The average Bonchev–Trinajstić information content (AvgIpc) is 4.09. The molecule has 0 unspecified atom stereocenters. The molecular weight excluding hydrogens is 837 g/mol. The summed E-state index contributed by atoms with van der Waals surface area (Å²) >= 11 is 0. The van der Waals surface area contributed by atoms with Gasteiger partial charge in [-0.25, -0.2) is 0 Å². The largest absolute Gasteiger partial charge is 0.456 e. The van der Waals surface area contributed by atoms with E-state index in [0.29, 0.717) is 0 Å². The Morgan fingerprint density at radius 3 is 1.12 bits per heavy atom. The Hall–Kier alpha value is -8.11. The van der Waals surface area contributed by atoms with Gasteiger partial charge in [-0.1, -0.05) is 133 Å². The molecule has 7 aliphatic rings. The quantitative estimate of drug-likeness (QED) is 0.140. The van der Waals surface area contributed by atoms with Crippen molar-refractivity contribution in [2.45, 2.75) is 5.66 Å². The minimum Gasteiger partial charge on any atom is -0.456 e. The van der Waals surface area contributed by atoms with Crippen molar-refractivity contribution >= 4 is 101 Å². The number of para-hydroxylation sites is 2. The van der Waals surface area contributed by atoms with E-state index in [4.69, 9.17) is 4.74 Å². The fourth-order valence-electron chi connectivity index (χ4n) is 15.5. The van der Waals surface area contributed by atoms with Gasteiger partial charge in [0.25, 0.3) is 11.6 Å². The minimum absolute atomic E-state index is 0.844. The maximum Gasteiger partial charge on any atom is 0.321 e. The predicted molar refractivity (Wildman–Crippen MR) is 266 cm³/mol. The number of ether oxygens (including phenoxy) is 1. The Balaban J connectivity index is 1.09. The molecule has 0 aliphatic carbocycles. The summed E-state index contributed by atoms with van der Waals surface area (Å²) in [5, 5.41) is 16.9. The van der Waals surface area contributed by atoms with Crippen LogP contribution >= 0.6 is 0 Å². The van der Waals surface area contributed by atoms with Crippen LogP contribution in [0.4, 0.5) is 0 Å². The highest BCUT2D eigenvalue weighted by Gasteiger charge is 2.69. The number of aromatic nitrogens is 4. The lowest BCUT2D eigenvalue weighted by Gasteiger charge is -2.44. The topological polar surface area (TPSA) is 26.8 Å². The minimum atomic E-state index is -2.92. The van der Waals surface area contributed by atoms with Gasteiger partial charge in [-0.05, 0) is 91.5 Å². The van der Waals surface area contributed by atoms with Gasteiger partial charge in [-0.15, -0.1) is 0 Å². The van der Waals surface area contributed by atoms with Crippen LogP contribution in [0.3, 0.4) is 0 Å². The van der Waals surface area contributed by atoms with Crippen LogP contribution in [0, 0.1) is 0 Å². The average molecular weight is 869 g/mol. The lowest BCUT2D eigenvalue weighted by atomic mass is 9.81. The summed E-state index contributed by atoms with van der Waals surface area (Å²) < 4.78 is 18.2. The van der Waals surface area contributed by atoms with E-state index in [9.17, 15) is 0 Å². The molecule has 12 aromatic rings. The number of fused-ring (bicyclic) bond motifs is 16. The number of hydrogen-bond acceptors (Lipinski definition) is 1. The van der Waals surface area contributed by atoms with Gasteiger partial charge in [-0.2, -0.15) is 18.3 Å². The summed E-state index contributed by atoms with van der Waals surface area (Å²) in [4.78, 5) is 0. The Labute approximate surface area is 378 Å². The number of hydrogen-bond donors (Lipinski definition) is 0. The molecule has 5 nitrogen and oxygen atoms in total. The molecule has 300 valence electrons. The maximum absolute atomic E-state index is 7.36. The maximum atomic E-state index is 7.36. The van der Waals surface area contributed by atoms with Gasteiger partial charge in [0, 0.05) is 42.3 Å². The Kier molecular flexibility index (Phi) is 4.96. The summed E-state index contributed by atoms with van der Waals surface area (Å²) in [6.45, 7) is 0. The third-order valence-corrected chi connectivity index (χ3v) is 27.1. The summed E-state index contributed by atoms with van der Waals surface area (Å²) in [5.41, 5.74) is 12.2. The molecule has 3 spiro atoms. The van der Waals surface area contributed by atoms with Crippen LogP contribution in [0.2, 0.25) is 0 Å². The van der Waals surface area contributed by atoms with Crippen LogP contribution in [-0.4, -0.2) is 25.3 Å². The molecular formula is C59H32N4OSi2+2. The van der Waals surface area contributed by atoms with E-state index < -0.39 is 21.8 Å². The SMILES string of the molecule is c1ccc2c(c1)-c1ccccc1[Si]21c2ccc[n+]3c2-n2c4c1cccc4c1ccc4c(c12)C31c2c(ccc3c5cccc6c5n(c23)-c2c(ccc[n+]21)[Si]61c2ccccc2-c2ccccc21)O4. The van der Waals surface area contributed by atoms with Crippen molar-refractivity contribution in [1.29, 1.82) is 0 Å². The molecule has 0 saturated heterocycles. The monoisotopic (exact) mass is 868 g/mol. The lowest BCUT2D eigenvalue weighted by molar-refractivity contribution is -0.967. The Bertz CT molecular complexity index is 4100. The molecule has 0 fully saturated rings. The van der Waals surface area contributed by atoms with Crippen LogP contribution in [0.5, 0.6) is 11.5 Å². The van der Waals surface area contributed by atoms with E-state index in [1.807, 2.05) is 0 Å². The molecule has 4 aromatic heterocycles. The molecule has 0 amide bonds. The van der Waals surface area contributed by atoms with E-state index in [0.717, 1.165) is 11.5 Å². The van der Waals surface area contributed by atoms with Crippen molar-refractivity contribution in [2.24, 2.45) is 0 Å². The van der Waals surface area contributed by atoms with Gasteiger partial charge in [0.15, 0.2) is 27.2 Å². The lowest BCUT2D eigenvalue weighted by Crippen LogP contribution is -2.85. The number of benzene rings is 8. The molecule has 66 heavy (non-hydrogen) atoms. The van der Waals surface area contributed by atoms with Crippen LogP contribution in [-0.2, 0) is 5.66 Å². The van der Waals surface area contributed by atoms with E-state index in [1.54, 1.807) is 0 Å². The van der Waals surface area contributed by atoms with Crippen LogP contribution in [0.25, 0.3) is 77.5 Å². The van der Waals surface area contributed by atoms with E-state index >= 15 is 0 Å². The molecule has 0 saturated carbocycles. The van der Waals surface area contributed by atoms with Crippen LogP contribution < -0.4 is 55.4 Å². The third-order valence-electron chi connectivity index (χ3n) is 17.3. The van der Waals surface area contributed by atoms with Crippen molar-refractivity contribution in [1.82, 2.24) is 9.13 Å². The van der Waals surface area contributed by atoms with Gasteiger partial charge in [-0.3, -0.25) is 0 Å². The highest BCUT2D eigenvalue weighted by atomic mass is 28.3. The number of nitrogens with zero attached hydrogens (tertiary/aromatic N) is 4. The van der Waals surface area contributed by atoms with E-state index in [1.165, 1.54) is 130 Å². The van der Waals surface area contributed by atoms with Crippen LogP contribution in [0.1, 0.15) is 11.1 Å². The van der Waals surface area contributed by atoms with Gasteiger partial charge in [0.1, 0.15) is 33.7 Å². The fraction of sp³-hybridized carbons (Fsp3) is 0.0169. The molecule has 7 heteroatoms. The Morgan fingerprint density at radius 2 is 0.697 bits per heavy atom. The highest BCUT2D eigenvalue weighted by molar-refractivity contribution is 7.24. The molecule has 19 rings (SSSR count). The second kappa shape index (κ2) is 10.1. The van der Waals surface area contributed by atoms with Crippen molar-refractivity contribution in [3.05, 3.63) is 206 Å². The van der Waals surface area contributed by atoms with E-state index in [-0.39, 0.29) is 0 Å². The molecule has 8 aromatic carbocycles. The fourth-order valence-corrected chi connectivity index (χ4v) is 26.5. The van der Waals surface area contributed by atoms with Crippen molar-refractivity contribution in [3.63, 3.8) is 0 Å². The highest BCUT2D eigenvalue weighted by Crippen LogP contribution is 2.57. The number of pyridine rings is 2. The first-order valence-corrected chi connectivity index (χ1v) is 27.2. The summed E-state index contributed by atoms with van der Waals surface area (Å²) in [5.74, 6) is 4.39. The van der Waals surface area contributed by atoms with Crippen molar-refractivity contribution in [3.8, 4) is 45.4 Å². The van der Waals surface area contributed by atoms with Gasteiger partial charge in [0.05, 0.1) is 12.4 Å². The zero-order valence-corrected chi connectivity index (χ0v) is 37.2. The molecule has 7 aliphatic heterocycles. The van der Waals surface area contributed by atoms with Crippen LogP contribution in [0.15, 0.2) is 194 Å². The Morgan fingerprint density at radius 1 is 0.333 bits per heavy atom. The first-order chi connectivity index (χ1) is 32.8. The van der Waals surface area contributed by atoms with Gasteiger partial charge >= 0.3 is 5.66 Å². The van der Waals surface area contributed by atoms with Gasteiger partial charge in [0.2, 0.25) is 0 Å². The normalized spacial score (nSPS) is 16.7. The second-order valence-corrected chi connectivity index (χ2v) is 26.7. The molecule has 0 bridgehead atoms. The predicted octanol–water partition coefficient (Wildman–Crippen LogP) is 5.83. The smallest absolute Gasteiger partial charge is 0.321 e. The molecule has 11 heterocycles. The third kappa shape index (κ3) is 2.88. The van der Waals surface area contributed by atoms with E-state index in [2.05, 4.69) is 213 Å². The second-order valence-electron chi connectivity index (χ2n) is 19.4. The van der Waals surface area contributed by atoms with Crippen molar-refractivity contribution < 1.29 is 13.9 Å². The van der Waals surface area contributed by atoms with Crippen molar-refractivity contribution in [2.75, 3.05) is 0 Å². The van der Waals surface area contributed by atoms with Gasteiger partial charge < -0.3 is 4.74 Å². The first kappa shape index (κ1) is 32.5. The summed E-state index contributed by atoms with van der Waals surface area (Å²) in [6.07, 6.45) is 4.83. The summed E-state index contributed by atoms with van der Waals surface area (Å²) in [6, 6.07) is 70.8. The standard InChI is InChI=1S/C59H32N4OSi2/c1-5-19-43-33(13-1)34-14-2-6-20-44(34)65(43)47-23-9-17-37-39-27-29-41-51-55(39)62(53(37)47)57-49(65)25-11-31-60(57)59(51)52-42(64-41)30-28-40-38-18-10-24-48-54(38)63(56(40)52)58-50(26-12-32-61(58)59)66(48)45-21-7-3-15-35(45)36-16-4-8-22-46(36)66/h1-32H/q+2. The molecule has 0 N–H and O–H groups in total. The zero-order valence-electron chi connectivity index (χ0n) is 35.2. The zero-order chi connectivity index (χ0) is 42.2. The first-order valence-electron chi connectivity index (χ1n) is 23.2. The number of rotatable bonds is 0. The molecule has 0 radical (unpaired) electrons. The molecule has 0 atom stereocenters. The summed E-state index contributed by atoms with van der Waals surface area (Å²) in [7, 11) is -5.83.